The molecule has 4 aliphatic carbocycles. The molecular formula is C70H56BN5. The summed E-state index contributed by atoms with van der Waals surface area (Å²) in [5.74, 6) is 3.76. The van der Waals surface area contributed by atoms with Gasteiger partial charge in [0.25, 0.3) is 6.71 Å². The van der Waals surface area contributed by atoms with Gasteiger partial charge in [0.1, 0.15) is 0 Å². The number of nitrogens with zero attached hydrogens (tertiary/aromatic N) is 5. The quantitative estimate of drug-likeness (QED) is 0.149. The number of pyridine rings is 2. The zero-order chi connectivity index (χ0) is 50.4. The molecule has 3 fully saturated rings. The molecule has 6 unspecified atom stereocenters. The molecule has 0 bridgehead atoms. The highest BCUT2D eigenvalue weighted by Gasteiger charge is 2.73. The first-order chi connectivity index (χ1) is 37.4. The van der Waals surface area contributed by atoms with Gasteiger partial charge >= 0.3 is 0 Å². The van der Waals surface area contributed by atoms with Crippen LogP contribution in [0.3, 0.4) is 0 Å². The lowest BCUT2D eigenvalue weighted by Crippen LogP contribution is -2.70. The van der Waals surface area contributed by atoms with E-state index in [9.17, 15) is 0 Å². The number of benzene rings is 8. The number of hydrogen-bond donors (Lipinski definition) is 0. The highest BCUT2D eigenvalue weighted by molar-refractivity contribution is 7.00. The third-order valence-corrected chi connectivity index (χ3v) is 18.7. The van der Waals surface area contributed by atoms with Crippen molar-refractivity contribution in [2.24, 2.45) is 29.6 Å². The van der Waals surface area contributed by atoms with Gasteiger partial charge in [-0.3, -0.25) is 9.97 Å². The fraction of sp³-hybridized carbons (Fsp3) is 0.171. The normalized spacial score (nSPS) is 21.6. The standard InChI is InChI=1S/C70H56BN5/c1-43-30-32-72-60(36-43)51-23-11-15-27-62(51)75-64-29-17-14-26-58(64)71-59-42-55-53(50-22-10-13-25-54(50)70(55)56-35-45(3)34-46-38-57(70)68(46)56)41-65(59)76(63-28-16-12-24-52(63)61-37-44(2)31-33-73-61)67-40-49(39-66(75)69(67)71)74(47-18-6-4-7-19-47)48-20-8-5-9-21-48/h4-33,36-37,39-42,45-46,56-57,68H,34-35,38H2,1-3H3. The summed E-state index contributed by atoms with van der Waals surface area (Å²) in [7, 11) is 0. The fourth-order valence-electron chi connectivity index (χ4n) is 15.9. The zero-order valence-electron chi connectivity index (χ0n) is 43.1. The van der Waals surface area contributed by atoms with E-state index < -0.39 is 0 Å². The molecule has 0 N–H and O–H groups in total. The Balaban J connectivity index is 1.04. The van der Waals surface area contributed by atoms with Crippen molar-refractivity contribution in [1.29, 1.82) is 0 Å². The summed E-state index contributed by atoms with van der Waals surface area (Å²) in [5, 5.41) is 0. The summed E-state index contributed by atoms with van der Waals surface area (Å²) in [6.45, 7) is 6.79. The van der Waals surface area contributed by atoms with Gasteiger partial charge in [0.2, 0.25) is 0 Å². The summed E-state index contributed by atoms with van der Waals surface area (Å²) in [4.78, 5) is 17.8. The predicted molar refractivity (Wildman–Crippen MR) is 314 cm³/mol. The SMILES string of the molecule is Cc1ccnc(-c2ccccc2N2c3ccccc3B3c4cc5c(cc4N(c4ccccc4-c4cc(C)ccn4)c4cc(N(c6ccccc6)c6ccccc6)cc2c43)-c2ccccc2C52C3CC(C)CC4CC2C43)c1. The minimum absolute atomic E-state index is 0.0177. The van der Waals surface area contributed by atoms with E-state index in [1.807, 2.05) is 12.4 Å². The smallest absolute Gasteiger partial charge is 0.252 e. The van der Waals surface area contributed by atoms with Crippen LogP contribution in [0.1, 0.15) is 48.4 Å². The van der Waals surface area contributed by atoms with Crippen LogP contribution in [0.25, 0.3) is 33.6 Å². The summed E-state index contributed by atoms with van der Waals surface area (Å²) in [6.07, 6.45) is 7.94. The van der Waals surface area contributed by atoms with E-state index in [0.29, 0.717) is 11.8 Å². The maximum absolute atomic E-state index is 5.12. The Bertz CT molecular complexity index is 3960. The van der Waals surface area contributed by atoms with E-state index in [1.54, 1.807) is 11.1 Å². The lowest BCUT2D eigenvalue weighted by Gasteiger charge is -2.73. The second kappa shape index (κ2) is 16.5. The molecule has 2 aromatic heterocycles. The third-order valence-electron chi connectivity index (χ3n) is 18.7. The first-order valence-corrected chi connectivity index (χ1v) is 27.5. The molecule has 364 valence electrons. The van der Waals surface area contributed by atoms with Gasteiger partial charge in [-0.1, -0.05) is 128 Å². The van der Waals surface area contributed by atoms with Gasteiger partial charge in [-0.15, -0.1) is 0 Å². The average Bonchev–Trinajstić information content (AvgIpc) is 3.17. The van der Waals surface area contributed by atoms with E-state index >= 15 is 0 Å². The number of para-hydroxylation sites is 5. The largest absolute Gasteiger partial charge is 0.311 e. The number of aromatic nitrogens is 2. The molecule has 0 radical (unpaired) electrons. The van der Waals surface area contributed by atoms with Crippen molar-refractivity contribution in [3.8, 4) is 33.6 Å². The number of fused-ring (bicyclic) bond motifs is 11. The summed E-state index contributed by atoms with van der Waals surface area (Å²) < 4.78 is 0. The summed E-state index contributed by atoms with van der Waals surface area (Å²) >= 11 is 0. The lowest BCUT2D eigenvalue weighted by molar-refractivity contribution is -0.193. The van der Waals surface area contributed by atoms with Crippen LogP contribution in [-0.2, 0) is 5.41 Å². The van der Waals surface area contributed by atoms with Crippen LogP contribution in [0, 0.1) is 43.4 Å². The van der Waals surface area contributed by atoms with Gasteiger partial charge in [-0.2, -0.15) is 0 Å². The molecule has 6 heteroatoms. The van der Waals surface area contributed by atoms with E-state index in [-0.39, 0.29) is 12.1 Å². The summed E-state index contributed by atoms with van der Waals surface area (Å²) in [5.41, 5.74) is 26.6. The molecule has 2 aliphatic heterocycles. The number of anilines is 9. The fourth-order valence-corrected chi connectivity index (χ4v) is 15.9. The van der Waals surface area contributed by atoms with Crippen LogP contribution in [-0.4, -0.2) is 16.7 Å². The molecule has 6 atom stereocenters. The molecular weight excluding hydrogens is 922 g/mol. The van der Waals surface area contributed by atoms with E-state index in [4.69, 9.17) is 9.97 Å². The maximum Gasteiger partial charge on any atom is 0.252 e. The van der Waals surface area contributed by atoms with Crippen LogP contribution in [0.15, 0.2) is 219 Å². The van der Waals surface area contributed by atoms with Crippen molar-refractivity contribution in [1.82, 2.24) is 9.97 Å². The Morgan fingerprint density at radius 3 is 1.62 bits per heavy atom. The Kier molecular flexibility index (Phi) is 9.53. The molecule has 0 saturated heterocycles. The number of aryl methyl sites for hydroxylation is 2. The molecule has 10 aromatic rings. The molecule has 6 aliphatic rings. The molecule has 16 rings (SSSR count). The average molecular weight is 978 g/mol. The Hall–Kier alpha value is -8.48. The van der Waals surface area contributed by atoms with E-state index in [2.05, 4.69) is 242 Å². The Labute approximate surface area is 446 Å². The second-order valence-corrected chi connectivity index (χ2v) is 22.8. The first kappa shape index (κ1) is 43.9. The van der Waals surface area contributed by atoms with E-state index in [1.165, 1.54) is 69.3 Å². The zero-order valence-corrected chi connectivity index (χ0v) is 43.1. The van der Waals surface area contributed by atoms with Crippen LogP contribution in [0.4, 0.5) is 51.2 Å². The number of hydrogen-bond acceptors (Lipinski definition) is 5. The van der Waals surface area contributed by atoms with Crippen molar-refractivity contribution in [2.75, 3.05) is 14.7 Å². The van der Waals surface area contributed by atoms with Crippen molar-refractivity contribution >= 4 is 74.3 Å². The van der Waals surface area contributed by atoms with Gasteiger partial charge in [0.05, 0.1) is 28.5 Å². The minimum atomic E-state index is -0.0745. The van der Waals surface area contributed by atoms with E-state index in [0.717, 1.165) is 80.1 Å². The van der Waals surface area contributed by atoms with Gasteiger partial charge in [0, 0.05) is 63.1 Å². The van der Waals surface area contributed by atoms with Crippen molar-refractivity contribution in [3.05, 3.63) is 241 Å². The molecule has 76 heavy (non-hydrogen) atoms. The van der Waals surface area contributed by atoms with Crippen LogP contribution in [0.2, 0.25) is 0 Å². The third kappa shape index (κ3) is 6.10. The van der Waals surface area contributed by atoms with Crippen LogP contribution >= 0.6 is 0 Å². The molecule has 1 spiro atoms. The van der Waals surface area contributed by atoms with Gasteiger partial charge in [-0.05, 0) is 197 Å². The first-order valence-electron chi connectivity index (χ1n) is 27.5. The molecule has 4 heterocycles. The molecule has 3 saturated carbocycles. The van der Waals surface area contributed by atoms with Gasteiger partial charge in [0.15, 0.2) is 0 Å². The lowest BCUT2D eigenvalue weighted by atomic mass is 9.29. The van der Waals surface area contributed by atoms with Crippen LogP contribution < -0.4 is 31.1 Å². The maximum atomic E-state index is 5.12. The highest BCUT2D eigenvalue weighted by Crippen LogP contribution is 2.78. The molecule has 8 aromatic carbocycles. The topological polar surface area (TPSA) is 35.5 Å². The highest BCUT2D eigenvalue weighted by atomic mass is 15.2. The number of rotatable bonds is 7. The predicted octanol–water partition coefficient (Wildman–Crippen LogP) is 15.6. The summed E-state index contributed by atoms with van der Waals surface area (Å²) in [6, 6.07) is 77.5. The second-order valence-electron chi connectivity index (χ2n) is 22.8. The van der Waals surface area contributed by atoms with Crippen molar-refractivity contribution in [2.45, 2.75) is 45.4 Å². The molecule has 0 amide bonds. The monoisotopic (exact) mass is 977 g/mol. The van der Waals surface area contributed by atoms with Crippen molar-refractivity contribution < 1.29 is 0 Å². The van der Waals surface area contributed by atoms with Gasteiger partial charge in [-0.25, -0.2) is 0 Å². The Morgan fingerprint density at radius 2 is 0.987 bits per heavy atom. The minimum Gasteiger partial charge on any atom is -0.311 e. The van der Waals surface area contributed by atoms with Gasteiger partial charge < -0.3 is 14.7 Å². The van der Waals surface area contributed by atoms with Crippen molar-refractivity contribution in [3.63, 3.8) is 0 Å². The molecule has 5 nitrogen and oxygen atoms in total. The van der Waals surface area contributed by atoms with Crippen LogP contribution in [0.5, 0.6) is 0 Å². The Morgan fingerprint density at radius 1 is 0.447 bits per heavy atom.